The highest BCUT2D eigenvalue weighted by Crippen LogP contribution is 2.41. The van der Waals surface area contributed by atoms with Gasteiger partial charge in [-0.1, -0.05) is 23.7 Å². The number of carbonyl (C=O) groups is 1. The van der Waals surface area contributed by atoms with Crippen molar-refractivity contribution >= 4 is 17.6 Å². The summed E-state index contributed by atoms with van der Waals surface area (Å²) in [4.78, 5) is 32.3. The molecule has 2 aromatic rings. The number of rotatable bonds is 5. The number of aromatic nitrogens is 1. The van der Waals surface area contributed by atoms with Crippen LogP contribution in [0, 0.1) is 23.0 Å². The fourth-order valence-electron chi connectivity index (χ4n) is 4.04. The van der Waals surface area contributed by atoms with E-state index in [4.69, 9.17) is 21.1 Å². The predicted molar refractivity (Wildman–Crippen MR) is 107 cm³/mol. The van der Waals surface area contributed by atoms with Crippen LogP contribution in [0.5, 0.6) is 5.75 Å². The van der Waals surface area contributed by atoms with Crippen LogP contribution >= 0.6 is 11.6 Å². The molecule has 0 N–H and O–H groups in total. The molecule has 1 atom stereocenters. The van der Waals surface area contributed by atoms with Gasteiger partial charge in [-0.15, -0.1) is 10.1 Å². The summed E-state index contributed by atoms with van der Waals surface area (Å²) in [5, 5.41) is 10.4. The first-order valence-corrected chi connectivity index (χ1v) is 10.2. The van der Waals surface area contributed by atoms with E-state index in [1.165, 1.54) is 0 Å². The predicted octanol–water partition coefficient (Wildman–Crippen LogP) is 4.34. The van der Waals surface area contributed by atoms with Crippen molar-refractivity contribution in [3.8, 4) is 5.75 Å². The molecule has 0 saturated heterocycles. The highest BCUT2D eigenvalue weighted by Gasteiger charge is 2.33. The molecule has 8 nitrogen and oxygen atoms in total. The Morgan fingerprint density at radius 2 is 1.93 bits per heavy atom. The lowest BCUT2D eigenvalue weighted by molar-refractivity contribution is -0.769. The maximum absolute atomic E-state index is 12.8. The molecule has 30 heavy (non-hydrogen) atoms. The molecule has 158 valence electrons. The number of halogens is 1. The van der Waals surface area contributed by atoms with Crippen molar-refractivity contribution in [3.05, 3.63) is 68.0 Å². The van der Waals surface area contributed by atoms with Gasteiger partial charge in [-0.2, -0.15) is 0 Å². The number of esters is 1. The number of carbonyl (C=O) groups excluding carboxylic acids is 1. The molecular formula is C21H21ClN2O6. The number of ether oxygens (including phenoxy) is 2. The number of pyridine rings is 1. The molecular weight excluding hydrogens is 412 g/mol. The van der Waals surface area contributed by atoms with E-state index >= 15 is 0 Å². The maximum atomic E-state index is 12.8. The van der Waals surface area contributed by atoms with Gasteiger partial charge in [0.15, 0.2) is 5.75 Å². The zero-order valence-corrected chi connectivity index (χ0v) is 17.1. The minimum Gasteiger partial charge on any atom is -0.424 e. The van der Waals surface area contributed by atoms with Gasteiger partial charge in [0.2, 0.25) is 0 Å². The van der Waals surface area contributed by atoms with Crippen LogP contribution in [0.4, 0.5) is 0 Å². The number of hydrogen-bond donors (Lipinski definition) is 0. The zero-order chi connectivity index (χ0) is 21.3. The third-order valence-electron chi connectivity index (χ3n) is 5.64. The molecule has 0 amide bonds. The SMILES string of the molecule is Cc1ncc2c(c1OC(=O)C1CCC(O[N+](=O)[O-])CC1)CO[C@@H]2c1ccc(Cl)cc1. The number of benzene rings is 1. The van der Waals surface area contributed by atoms with E-state index in [0.717, 1.165) is 16.7 Å². The molecule has 0 unspecified atom stereocenters. The second-order valence-electron chi connectivity index (χ2n) is 7.57. The maximum Gasteiger partial charge on any atom is 0.314 e. The highest BCUT2D eigenvalue weighted by atomic mass is 35.5. The molecule has 2 aliphatic rings. The Balaban J connectivity index is 1.48. The molecule has 0 radical (unpaired) electrons. The molecule has 2 heterocycles. The van der Waals surface area contributed by atoms with Crippen molar-refractivity contribution in [2.45, 2.75) is 51.4 Å². The van der Waals surface area contributed by atoms with Crippen molar-refractivity contribution < 1.29 is 24.2 Å². The van der Waals surface area contributed by atoms with Gasteiger partial charge in [0.05, 0.1) is 18.2 Å². The molecule has 1 aromatic carbocycles. The Labute approximate surface area is 178 Å². The topological polar surface area (TPSA) is 101 Å². The molecule has 1 aromatic heterocycles. The first kappa shape index (κ1) is 20.6. The highest BCUT2D eigenvalue weighted by molar-refractivity contribution is 6.30. The summed E-state index contributed by atoms with van der Waals surface area (Å²) >= 11 is 5.98. The van der Waals surface area contributed by atoms with Crippen molar-refractivity contribution in [3.63, 3.8) is 0 Å². The van der Waals surface area contributed by atoms with E-state index in [2.05, 4.69) is 9.82 Å². The fraction of sp³-hybridized carbons (Fsp3) is 0.429. The number of nitrogens with zero attached hydrogens (tertiary/aromatic N) is 2. The van der Waals surface area contributed by atoms with Crippen LogP contribution in [0.3, 0.4) is 0 Å². The summed E-state index contributed by atoms with van der Waals surface area (Å²) in [6.45, 7) is 2.11. The summed E-state index contributed by atoms with van der Waals surface area (Å²) in [7, 11) is 0. The van der Waals surface area contributed by atoms with E-state index in [-0.39, 0.29) is 18.0 Å². The van der Waals surface area contributed by atoms with Gasteiger partial charge in [0.1, 0.15) is 12.2 Å². The molecule has 4 rings (SSSR count). The quantitative estimate of drug-likeness (QED) is 0.393. The van der Waals surface area contributed by atoms with Crippen molar-refractivity contribution in [1.82, 2.24) is 4.98 Å². The Hall–Kier alpha value is -2.71. The standard InChI is InChI=1S/C21H21ClN2O6/c1-12-19(29-21(25)14-4-8-16(9-5-14)30-24(26)27)18-11-28-20(17(18)10-23-12)13-2-6-15(22)7-3-13/h2-3,6-7,10,14,16,20H,4-5,8-9,11H2,1H3/t14?,16?,20-/m1/s1. The third-order valence-corrected chi connectivity index (χ3v) is 5.90. The second-order valence-corrected chi connectivity index (χ2v) is 8.01. The molecule has 9 heteroatoms. The van der Waals surface area contributed by atoms with Crippen LogP contribution in [0.2, 0.25) is 5.02 Å². The monoisotopic (exact) mass is 432 g/mol. The summed E-state index contributed by atoms with van der Waals surface area (Å²) in [5.74, 6) is -0.221. The number of hydrogen-bond acceptors (Lipinski definition) is 7. The summed E-state index contributed by atoms with van der Waals surface area (Å²) in [6.07, 6.45) is 2.89. The Kier molecular flexibility index (Phi) is 5.87. The van der Waals surface area contributed by atoms with E-state index in [0.29, 0.717) is 48.8 Å². The van der Waals surface area contributed by atoms with Gasteiger partial charge in [0.25, 0.3) is 5.09 Å². The van der Waals surface area contributed by atoms with Crippen molar-refractivity contribution in [1.29, 1.82) is 0 Å². The summed E-state index contributed by atoms with van der Waals surface area (Å²) < 4.78 is 11.7. The van der Waals surface area contributed by atoms with Gasteiger partial charge in [0, 0.05) is 22.3 Å². The lowest BCUT2D eigenvalue weighted by Crippen LogP contribution is -2.30. The lowest BCUT2D eigenvalue weighted by atomic mass is 9.87. The smallest absolute Gasteiger partial charge is 0.314 e. The van der Waals surface area contributed by atoms with Gasteiger partial charge >= 0.3 is 5.97 Å². The average Bonchev–Trinajstić information content (AvgIpc) is 3.15. The van der Waals surface area contributed by atoms with Gasteiger partial charge in [-0.05, 0) is 50.3 Å². The van der Waals surface area contributed by atoms with E-state index in [9.17, 15) is 14.9 Å². The zero-order valence-electron chi connectivity index (χ0n) is 16.4. The van der Waals surface area contributed by atoms with Crippen molar-refractivity contribution in [2.24, 2.45) is 5.92 Å². The fourth-order valence-corrected chi connectivity index (χ4v) is 4.17. The molecule has 1 aliphatic carbocycles. The van der Waals surface area contributed by atoms with Crippen LogP contribution in [0.25, 0.3) is 0 Å². The Morgan fingerprint density at radius 1 is 1.23 bits per heavy atom. The van der Waals surface area contributed by atoms with Crippen LogP contribution in [0.15, 0.2) is 30.5 Å². The first-order chi connectivity index (χ1) is 14.4. The first-order valence-electron chi connectivity index (χ1n) is 9.80. The van der Waals surface area contributed by atoms with E-state index in [1.54, 1.807) is 25.3 Å². The van der Waals surface area contributed by atoms with Crippen LogP contribution in [0.1, 0.15) is 54.2 Å². The third kappa shape index (κ3) is 4.24. The Bertz CT molecular complexity index is 957. The van der Waals surface area contributed by atoms with E-state index in [1.807, 2.05) is 12.1 Å². The van der Waals surface area contributed by atoms with Crippen LogP contribution < -0.4 is 4.74 Å². The molecule has 0 bridgehead atoms. The van der Waals surface area contributed by atoms with Gasteiger partial charge in [-0.25, -0.2) is 0 Å². The summed E-state index contributed by atoms with van der Waals surface area (Å²) in [5.41, 5.74) is 3.26. The van der Waals surface area contributed by atoms with Gasteiger partial charge < -0.3 is 14.3 Å². The summed E-state index contributed by atoms with van der Waals surface area (Å²) in [6, 6.07) is 7.41. The molecule has 1 fully saturated rings. The number of fused-ring (bicyclic) bond motifs is 1. The minimum atomic E-state index is -0.775. The van der Waals surface area contributed by atoms with Crippen LogP contribution in [-0.2, 0) is 21.0 Å². The average molecular weight is 433 g/mol. The van der Waals surface area contributed by atoms with Crippen LogP contribution in [-0.4, -0.2) is 22.1 Å². The Morgan fingerprint density at radius 3 is 2.60 bits per heavy atom. The van der Waals surface area contributed by atoms with E-state index < -0.39 is 11.2 Å². The lowest BCUT2D eigenvalue weighted by Gasteiger charge is -2.25. The second kappa shape index (κ2) is 8.57. The normalized spacial score (nSPS) is 22.9. The number of aryl methyl sites for hydroxylation is 1. The molecule has 0 spiro atoms. The molecule has 1 saturated carbocycles. The molecule has 1 aliphatic heterocycles. The van der Waals surface area contributed by atoms with Crippen molar-refractivity contribution in [2.75, 3.05) is 0 Å². The van der Waals surface area contributed by atoms with Gasteiger partial charge in [-0.3, -0.25) is 9.78 Å². The minimum absolute atomic E-state index is 0.294. The largest absolute Gasteiger partial charge is 0.424 e.